The summed E-state index contributed by atoms with van der Waals surface area (Å²) < 4.78 is 58.4. The summed E-state index contributed by atoms with van der Waals surface area (Å²) in [6, 6.07) is 6.32. The average molecular weight is 531 g/mol. The van der Waals surface area contributed by atoms with Gasteiger partial charge in [-0.2, -0.15) is 13.2 Å². The van der Waals surface area contributed by atoms with Crippen molar-refractivity contribution < 1.29 is 41.8 Å². The number of rotatable bonds is 8. The lowest BCUT2D eigenvalue weighted by Crippen LogP contribution is -2.34. The third-order valence-electron chi connectivity index (χ3n) is 5.74. The highest BCUT2D eigenvalue weighted by atomic mass is 35.5. The van der Waals surface area contributed by atoms with Crippen molar-refractivity contribution in [2.45, 2.75) is 38.0 Å². The maximum Gasteiger partial charge on any atom is 0.417 e. The number of aliphatic carboxylic acids is 1. The second-order valence-corrected chi connectivity index (χ2v) is 8.69. The number of carboxylic acid groups (broad SMARTS) is 1. The van der Waals surface area contributed by atoms with Crippen molar-refractivity contribution in [3.63, 3.8) is 0 Å². The van der Waals surface area contributed by atoms with Crippen LogP contribution >= 0.6 is 11.6 Å². The van der Waals surface area contributed by atoms with Crippen molar-refractivity contribution in [1.82, 2.24) is 10.6 Å². The summed E-state index contributed by atoms with van der Waals surface area (Å²) in [5.74, 6) is -3.32. The molecule has 1 saturated carbocycles. The molecule has 3 rings (SSSR count). The minimum atomic E-state index is -4.64. The van der Waals surface area contributed by atoms with Crippen LogP contribution < -0.4 is 15.4 Å². The molecule has 1 aliphatic carbocycles. The standard InChI is InChI=1S/C24H23ClF4N2O5/c25-18-11-14(3-7-17(18)24(27,28)29)21(32)30-9-10-31-22(33)15-4-8-20(19(26)12-15)36-16-5-1-13(2-6-16)23(34)35/h3-4,7-8,11-13,16H,1-2,5-6,9-10H2,(H,30,32)(H,31,33)(H,34,35)/t13-,16+. The van der Waals surface area contributed by atoms with Crippen LogP contribution in [0.4, 0.5) is 17.6 Å². The molecule has 0 aliphatic heterocycles. The number of amides is 2. The van der Waals surface area contributed by atoms with Gasteiger partial charge in [0, 0.05) is 24.2 Å². The molecule has 0 heterocycles. The minimum absolute atomic E-state index is 0.0222. The first-order valence-corrected chi connectivity index (χ1v) is 11.5. The van der Waals surface area contributed by atoms with E-state index in [1.165, 1.54) is 12.1 Å². The predicted octanol–water partition coefficient (Wildman–Crippen LogP) is 4.68. The Morgan fingerprint density at radius 3 is 2.00 bits per heavy atom. The van der Waals surface area contributed by atoms with E-state index in [1.807, 2.05) is 0 Å². The van der Waals surface area contributed by atoms with Crippen molar-refractivity contribution >= 4 is 29.4 Å². The number of nitrogens with one attached hydrogen (secondary N) is 2. The zero-order valence-electron chi connectivity index (χ0n) is 18.8. The Morgan fingerprint density at radius 2 is 1.50 bits per heavy atom. The summed E-state index contributed by atoms with van der Waals surface area (Å²) in [6.45, 7) is -0.0580. The highest BCUT2D eigenvalue weighted by Crippen LogP contribution is 2.35. The molecular weight excluding hydrogens is 508 g/mol. The third-order valence-corrected chi connectivity index (χ3v) is 6.06. The number of carboxylic acids is 1. The van der Waals surface area contributed by atoms with Gasteiger partial charge in [0.25, 0.3) is 11.8 Å². The molecule has 0 radical (unpaired) electrons. The van der Waals surface area contributed by atoms with Crippen LogP contribution in [0.15, 0.2) is 36.4 Å². The molecule has 2 amide bonds. The van der Waals surface area contributed by atoms with Crippen LogP contribution in [0.1, 0.15) is 52.0 Å². The fourth-order valence-electron chi connectivity index (χ4n) is 3.79. The van der Waals surface area contributed by atoms with Gasteiger partial charge < -0.3 is 20.5 Å². The summed E-state index contributed by atoms with van der Waals surface area (Å²) in [7, 11) is 0. The van der Waals surface area contributed by atoms with Crippen LogP contribution in [0.3, 0.4) is 0 Å². The SMILES string of the molecule is O=C(NCCNC(=O)c1ccc(C(F)(F)F)c(Cl)c1)c1ccc(O[C@H]2CC[C@@H](C(=O)O)CC2)c(F)c1. The van der Waals surface area contributed by atoms with Gasteiger partial charge >= 0.3 is 12.1 Å². The van der Waals surface area contributed by atoms with Crippen molar-refractivity contribution in [3.8, 4) is 5.75 Å². The molecule has 194 valence electrons. The van der Waals surface area contributed by atoms with Gasteiger partial charge in [-0.15, -0.1) is 0 Å². The normalized spacial score (nSPS) is 17.8. The van der Waals surface area contributed by atoms with E-state index in [-0.39, 0.29) is 36.1 Å². The first-order chi connectivity index (χ1) is 17.0. The van der Waals surface area contributed by atoms with E-state index in [4.69, 9.17) is 21.4 Å². The van der Waals surface area contributed by atoms with Crippen LogP contribution in [-0.2, 0) is 11.0 Å². The second-order valence-electron chi connectivity index (χ2n) is 8.28. The number of hydrogen-bond donors (Lipinski definition) is 3. The third kappa shape index (κ3) is 7.09. The van der Waals surface area contributed by atoms with Crippen molar-refractivity contribution in [3.05, 3.63) is 63.9 Å². The Bertz CT molecular complexity index is 1130. The van der Waals surface area contributed by atoms with Gasteiger partial charge in [0.15, 0.2) is 11.6 Å². The fourth-order valence-corrected chi connectivity index (χ4v) is 4.07. The summed E-state index contributed by atoms with van der Waals surface area (Å²) in [5.41, 5.74) is -1.11. The van der Waals surface area contributed by atoms with Gasteiger partial charge in [0.1, 0.15) is 0 Å². The predicted molar refractivity (Wildman–Crippen MR) is 122 cm³/mol. The van der Waals surface area contributed by atoms with Gasteiger partial charge in [0.05, 0.1) is 22.6 Å². The zero-order chi connectivity index (χ0) is 26.5. The molecule has 0 aromatic heterocycles. The molecule has 2 aromatic carbocycles. The van der Waals surface area contributed by atoms with Gasteiger partial charge in [-0.3, -0.25) is 14.4 Å². The lowest BCUT2D eigenvalue weighted by atomic mass is 9.87. The molecule has 0 spiro atoms. The quantitative estimate of drug-likeness (QED) is 0.339. The molecule has 1 fully saturated rings. The first kappa shape index (κ1) is 27.3. The highest BCUT2D eigenvalue weighted by Gasteiger charge is 2.33. The number of carbonyl (C=O) groups excluding carboxylic acids is 2. The average Bonchev–Trinajstić information content (AvgIpc) is 2.82. The number of alkyl halides is 3. The largest absolute Gasteiger partial charge is 0.487 e. The molecule has 0 bridgehead atoms. The van der Waals surface area contributed by atoms with Crippen molar-refractivity contribution in [1.29, 1.82) is 0 Å². The Hall–Kier alpha value is -3.34. The van der Waals surface area contributed by atoms with E-state index in [0.717, 1.165) is 18.2 Å². The lowest BCUT2D eigenvalue weighted by molar-refractivity contribution is -0.143. The number of hydrogen-bond acceptors (Lipinski definition) is 4. The van der Waals surface area contributed by atoms with E-state index in [9.17, 15) is 31.9 Å². The van der Waals surface area contributed by atoms with E-state index >= 15 is 0 Å². The van der Waals surface area contributed by atoms with Crippen LogP contribution in [0.2, 0.25) is 5.02 Å². The maximum absolute atomic E-state index is 14.4. The molecule has 1 aliphatic rings. The molecule has 7 nitrogen and oxygen atoms in total. The fraction of sp³-hybridized carbons (Fsp3) is 0.375. The van der Waals surface area contributed by atoms with Crippen LogP contribution in [-0.4, -0.2) is 42.1 Å². The molecule has 3 N–H and O–H groups in total. The Kier molecular flexibility index (Phi) is 8.78. The Balaban J connectivity index is 1.45. The summed E-state index contributed by atoms with van der Waals surface area (Å²) in [4.78, 5) is 35.4. The minimum Gasteiger partial charge on any atom is -0.487 e. The van der Waals surface area contributed by atoms with E-state index in [1.54, 1.807) is 0 Å². The van der Waals surface area contributed by atoms with Crippen molar-refractivity contribution in [2.24, 2.45) is 5.92 Å². The molecule has 36 heavy (non-hydrogen) atoms. The molecule has 0 unspecified atom stereocenters. The van der Waals surface area contributed by atoms with E-state index in [2.05, 4.69) is 10.6 Å². The van der Waals surface area contributed by atoms with E-state index < -0.39 is 46.3 Å². The molecule has 0 saturated heterocycles. The number of halogens is 5. The van der Waals surface area contributed by atoms with E-state index in [0.29, 0.717) is 31.7 Å². The zero-order valence-corrected chi connectivity index (χ0v) is 19.6. The number of benzene rings is 2. The highest BCUT2D eigenvalue weighted by molar-refractivity contribution is 6.31. The number of ether oxygens (including phenoxy) is 1. The monoisotopic (exact) mass is 530 g/mol. The Morgan fingerprint density at radius 1 is 0.944 bits per heavy atom. The van der Waals surface area contributed by atoms with Crippen LogP contribution in [0.25, 0.3) is 0 Å². The lowest BCUT2D eigenvalue weighted by Gasteiger charge is -2.27. The van der Waals surface area contributed by atoms with Crippen LogP contribution in [0.5, 0.6) is 5.75 Å². The second kappa shape index (κ2) is 11.6. The van der Waals surface area contributed by atoms with Gasteiger partial charge in [-0.25, -0.2) is 4.39 Å². The topological polar surface area (TPSA) is 105 Å². The smallest absolute Gasteiger partial charge is 0.417 e. The number of carbonyl (C=O) groups is 3. The summed E-state index contributed by atoms with van der Waals surface area (Å²) in [6.07, 6.45) is -3.07. The molecular formula is C24H23ClF4N2O5. The Labute approximate surface area is 208 Å². The van der Waals surface area contributed by atoms with Gasteiger partial charge in [0.2, 0.25) is 0 Å². The maximum atomic E-state index is 14.4. The van der Waals surface area contributed by atoms with Gasteiger partial charge in [-0.05, 0) is 62.1 Å². The van der Waals surface area contributed by atoms with Crippen LogP contribution in [0, 0.1) is 11.7 Å². The summed E-state index contributed by atoms with van der Waals surface area (Å²) in [5, 5.41) is 13.4. The first-order valence-electron chi connectivity index (χ1n) is 11.1. The van der Waals surface area contributed by atoms with Crippen molar-refractivity contribution in [2.75, 3.05) is 13.1 Å². The molecule has 2 aromatic rings. The van der Waals surface area contributed by atoms with Gasteiger partial charge in [-0.1, -0.05) is 11.6 Å². The molecule has 12 heteroatoms. The summed E-state index contributed by atoms with van der Waals surface area (Å²) >= 11 is 5.61. The molecule has 0 atom stereocenters.